The van der Waals surface area contributed by atoms with Crippen LogP contribution in [0.5, 0.6) is 0 Å². The second kappa shape index (κ2) is 6.39. The zero-order valence-corrected chi connectivity index (χ0v) is 11.5. The number of carbonyl (C=O) groups is 1. The van der Waals surface area contributed by atoms with Gasteiger partial charge in [-0.05, 0) is 44.1 Å². The molecule has 1 heterocycles. The smallest absolute Gasteiger partial charge is 0.307 e. The molecule has 0 aromatic rings. The first kappa shape index (κ1) is 14.5. The van der Waals surface area contributed by atoms with E-state index in [1.165, 1.54) is 19.3 Å². The molecule has 1 unspecified atom stereocenters. The second-order valence-electron chi connectivity index (χ2n) is 5.47. The average molecular weight is 241 g/mol. The zero-order valence-electron chi connectivity index (χ0n) is 11.5. The van der Waals surface area contributed by atoms with E-state index in [9.17, 15) is 4.79 Å². The van der Waals surface area contributed by atoms with Crippen molar-refractivity contribution < 1.29 is 9.90 Å². The molecule has 1 atom stereocenters. The van der Waals surface area contributed by atoms with Crippen LogP contribution in [0.4, 0.5) is 0 Å². The van der Waals surface area contributed by atoms with E-state index in [0.29, 0.717) is 5.41 Å². The number of likely N-dealkylation sites (tertiary alicyclic amines) is 1. The summed E-state index contributed by atoms with van der Waals surface area (Å²) in [7, 11) is 0. The van der Waals surface area contributed by atoms with E-state index in [-0.39, 0.29) is 5.92 Å². The highest BCUT2D eigenvalue weighted by atomic mass is 16.4. The Kier molecular flexibility index (Phi) is 5.44. The van der Waals surface area contributed by atoms with Crippen LogP contribution in [-0.2, 0) is 4.79 Å². The first-order valence-electron chi connectivity index (χ1n) is 7.02. The topological polar surface area (TPSA) is 40.5 Å². The molecule has 1 N–H and O–H groups in total. The highest BCUT2D eigenvalue weighted by molar-refractivity contribution is 5.70. The molecule has 1 fully saturated rings. The van der Waals surface area contributed by atoms with Gasteiger partial charge in [-0.25, -0.2) is 0 Å². The van der Waals surface area contributed by atoms with Crippen LogP contribution in [0.3, 0.4) is 0 Å². The van der Waals surface area contributed by atoms with Gasteiger partial charge in [-0.1, -0.05) is 20.8 Å². The van der Waals surface area contributed by atoms with Gasteiger partial charge in [0.1, 0.15) is 0 Å². The molecule has 0 aromatic heterocycles. The number of rotatable bonds is 6. The van der Waals surface area contributed by atoms with Gasteiger partial charge in [0.15, 0.2) is 0 Å². The van der Waals surface area contributed by atoms with E-state index in [0.717, 1.165) is 32.5 Å². The molecule has 0 spiro atoms. The van der Waals surface area contributed by atoms with E-state index in [4.69, 9.17) is 5.11 Å². The Balaban J connectivity index is 2.58. The molecule has 1 rings (SSSR count). The first-order chi connectivity index (χ1) is 8.06. The average Bonchev–Trinajstić information content (AvgIpc) is 2.36. The predicted molar refractivity (Wildman–Crippen MR) is 70.1 cm³/mol. The summed E-state index contributed by atoms with van der Waals surface area (Å²) in [6, 6.07) is 0. The lowest BCUT2D eigenvalue weighted by atomic mass is 9.78. The van der Waals surface area contributed by atoms with Crippen LogP contribution in [-0.4, -0.2) is 35.6 Å². The van der Waals surface area contributed by atoms with Crippen molar-refractivity contribution in [3.05, 3.63) is 0 Å². The Morgan fingerprint density at radius 2 is 1.88 bits per heavy atom. The standard InChI is InChI=1S/C14H27NO2/c1-4-14(5-2,6-3)11-15-9-7-8-12(10-15)13(16)17/h12H,4-11H2,1-3H3,(H,16,17). The Bertz CT molecular complexity index is 240. The summed E-state index contributed by atoms with van der Waals surface area (Å²) in [6.45, 7) is 9.66. The van der Waals surface area contributed by atoms with Crippen molar-refractivity contribution in [3.8, 4) is 0 Å². The van der Waals surface area contributed by atoms with Crippen LogP contribution >= 0.6 is 0 Å². The van der Waals surface area contributed by atoms with Gasteiger partial charge >= 0.3 is 5.97 Å². The first-order valence-corrected chi connectivity index (χ1v) is 7.02. The SMILES string of the molecule is CCC(CC)(CC)CN1CCCC(C(=O)O)C1. The lowest BCUT2D eigenvalue weighted by molar-refractivity contribution is -0.143. The summed E-state index contributed by atoms with van der Waals surface area (Å²) < 4.78 is 0. The number of hydrogen-bond acceptors (Lipinski definition) is 2. The van der Waals surface area contributed by atoms with Crippen LogP contribution < -0.4 is 0 Å². The number of carboxylic acids is 1. The Labute approximate surface area is 105 Å². The van der Waals surface area contributed by atoms with Crippen molar-refractivity contribution in [2.75, 3.05) is 19.6 Å². The summed E-state index contributed by atoms with van der Waals surface area (Å²) in [5.41, 5.74) is 0.389. The summed E-state index contributed by atoms with van der Waals surface area (Å²) in [5, 5.41) is 9.10. The monoisotopic (exact) mass is 241 g/mol. The van der Waals surface area contributed by atoms with Crippen molar-refractivity contribution in [2.45, 2.75) is 52.9 Å². The van der Waals surface area contributed by atoms with Crippen molar-refractivity contribution in [3.63, 3.8) is 0 Å². The van der Waals surface area contributed by atoms with E-state index < -0.39 is 5.97 Å². The van der Waals surface area contributed by atoms with E-state index in [2.05, 4.69) is 25.7 Å². The highest BCUT2D eigenvalue weighted by Gasteiger charge is 2.31. The fourth-order valence-electron chi connectivity index (χ4n) is 2.96. The van der Waals surface area contributed by atoms with Crippen LogP contribution in [0.2, 0.25) is 0 Å². The van der Waals surface area contributed by atoms with Gasteiger partial charge in [0.05, 0.1) is 5.92 Å². The highest BCUT2D eigenvalue weighted by Crippen LogP contribution is 2.32. The zero-order chi connectivity index (χ0) is 12.9. The Hall–Kier alpha value is -0.570. The van der Waals surface area contributed by atoms with Crippen molar-refractivity contribution in [2.24, 2.45) is 11.3 Å². The number of aliphatic carboxylic acids is 1. The van der Waals surface area contributed by atoms with Crippen LogP contribution in [0.25, 0.3) is 0 Å². The van der Waals surface area contributed by atoms with Crippen LogP contribution in [0, 0.1) is 11.3 Å². The minimum Gasteiger partial charge on any atom is -0.481 e. The molecule has 1 saturated heterocycles. The summed E-state index contributed by atoms with van der Waals surface area (Å²) >= 11 is 0. The molecular weight excluding hydrogens is 214 g/mol. The maximum atomic E-state index is 11.0. The fraction of sp³-hybridized carbons (Fsp3) is 0.929. The number of nitrogens with zero attached hydrogens (tertiary/aromatic N) is 1. The van der Waals surface area contributed by atoms with E-state index in [1.54, 1.807) is 0 Å². The minimum atomic E-state index is -0.621. The molecule has 0 bridgehead atoms. The van der Waals surface area contributed by atoms with Crippen molar-refractivity contribution in [1.29, 1.82) is 0 Å². The molecule has 0 amide bonds. The quantitative estimate of drug-likeness (QED) is 0.777. The summed E-state index contributed by atoms with van der Waals surface area (Å²) in [6.07, 6.45) is 5.45. The molecule has 0 aliphatic carbocycles. The summed E-state index contributed by atoms with van der Waals surface area (Å²) in [4.78, 5) is 13.4. The molecule has 0 saturated carbocycles. The minimum absolute atomic E-state index is 0.146. The third kappa shape index (κ3) is 3.70. The maximum absolute atomic E-state index is 11.0. The van der Waals surface area contributed by atoms with Gasteiger partial charge in [0.25, 0.3) is 0 Å². The molecule has 0 radical (unpaired) electrons. The van der Waals surface area contributed by atoms with Gasteiger partial charge in [-0.3, -0.25) is 4.79 Å². The van der Waals surface area contributed by atoms with Crippen molar-refractivity contribution in [1.82, 2.24) is 4.90 Å². The van der Waals surface area contributed by atoms with Crippen molar-refractivity contribution >= 4 is 5.97 Å². The summed E-state index contributed by atoms with van der Waals surface area (Å²) in [5.74, 6) is -0.767. The fourth-order valence-corrected chi connectivity index (χ4v) is 2.96. The normalized spacial score (nSPS) is 22.6. The molecule has 1 aliphatic rings. The van der Waals surface area contributed by atoms with Gasteiger partial charge in [0, 0.05) is 13.1 Å². The van der Waals surface area contributed by atoms with Crippen LogP contribution in [0.1, 0.15) is 52.9 Å². The Morgan fingerprint density at radius 1 is 1.29 bits per heavy atom. The molecule has 100 valence electrons. The van der Waals surface area contributed by atoms with Gasteiger partial charge in [-0.2, -0.15) is 0 Å². The third-order valence-electron chi connectivity index (χ3n) is 4.66. The molecule has 3 nitrogen and oxygen atoms in total. The molecular formula is C14H27NO2. The van der Waals surface area contributed by atoms with E-state index >= 15 is 0 Å². The number of piperidine rings is 1. The second-order valence-corrected chi connectivity index (χ2v) is 5.47. The predicted octanol–water partition coefficient (Wildman–Crippen LogP) is 3.00. The van der Waals surface area contributed by atoms with Gasteiger partial charge < -0.3 is 10.0 Å². The number of carboxylic acid groups (broad SMARTS) is 1. The van der Waals surface area contributed by atoms with Crippen LogP contribution in [0.15, 0.2) is 0 Å². The molecule has 17 heavy (non-hydrogen) atoms. The third-order valence-corrected chi connectivity index (χ3v) is 4.66. The lowest BCUT2D eigenvalue weighted by Gasteiger charge is -2.39. The molecule has 3 heteroatoms. The maximum Gasteiger partial charge on any atom is 0.307 e. The molecule has 1 aliphatic heterocycles. The largest absolute Gasteiger partial charge is 0.481 e. The molecule has 0 aromatic carbocycles. The number of hydrogen-bond donors (Lipinski definition) is 1. The van der Waals surface area contributed by atoms with Gasteiger partial charge in [0.2, 0.25) is 0 Å². The van der Waals surface area contributed by atoms with Gasteiger partial charge in [-0.15, -0.1) is 0 Å². The lowest BCUT2D eigenvalue weighted by Crippen LogP contribution is -2.44. The Morgan fingerprint density at radius 3 is 2.35 bits per heavy atom. The van der Waals surface area contributed by atoms with E-state index in [1.807, 2.05) is 0 Å².